The average molecular weight is 523 g/mol. The van der Waals surface area contributed by atoms with Gasteiger partial charge in [-0.3, -0.25) is 9.59 Å². The van der Waals surface area contributed by atoms with Gasteiger partial charge in [0, 0.05) is 41.2 Å². The van der Waals surface area contributed by atoms with Gasteiger partial charge in [0.15, 0.2) is 5.66 Å². The van der Waals surface area contributed by atoms with E-state index in [2.05, 4.69) is 6.92 Å². The molecule has 0 radical (unpaired) electrons. The molecule has 4 nitrogen and oxygen atoms in total. The lowest BCUT2D eigenvalue weighted by Gasteiger charge is -2.40. The summed E-state index contributed by atoms with van der Waals surface area (Å²) in [6, 6.07) is 15.4. The fraction of sp³-hybridized carbons (Fsp3) is 0.562. The largest absolute Gasteiger partial charge is 0.310 e. The van der Waals surface area contributed by atoms with Crippen molar-refractivity contribution in [2.45, 2.75) is 102 Å². The predicted octanol–water partition coefficient (Wildman–Crippen LogP) is 8.32. The van der Waals surface area contributed by atoms with E-state index in [1.807, 2.05) is 58.3 Å². The molecule has 1 atom stereocenters. The van der Waals surface area contributed by atoms with Gasteiger partial charge in [0.2, 0.25) is 5.91 Å². The highest BCUT2D eigenvalue weighted by Crippen LogP contribution is 2.50. The predicted molar refractivity (Wildman–Crippen MR) is 152 cm³/mol. The van der Waals surface area contributed by atoms with E-state index in [0.29, 0.717) is 30.1 Å². The zero-order chi connectivity index (χ0) is 26.1. The molecule has 0 N–H and O–H groups in total. The monoisotopic (exact) mass is 522 g/mol. The second-order valence-electron chi connectivity index (χ2n) is 10.7. The minimum absolute atomic E-state index is 0.00168. The van der Waals surface area contributed by atoms with E-state index in [-0.39, 0.29) is 11.8 Å². The molecule has 1 fully saturated rings. The first kappa shape index (κ1) is 27.7. The summed E-state index contributed by atoms with van der Waals surface area (Å²) in [4.78, 5) is 30.8. The van der Waals surface area contributed by atoms with Crippen molar-refractivity contribution < 1.29 is 9.59 Å². The van der Waals surface area contributed by atoms with Crippen LogP contribution in [0.1, 0.15) is 118 Å². The number of hydrogen-bond donors (Lipinski definition) is 0. The highest BCUT2D eigenvalue weighted by molar-refractivity contribution is 6.30. The van der Waals surface area contributed by atoms with Crippen molar-refractivity contribution in [1.82, 2.24) is 9.80 Å². The second kappa shape index (κ2) is 13.5. The minimum Gasteiger partial charge on any atom is -0.310 e. The number of hydrogen-bond acceptors (Lipinski definition) is 2. The van der Waals surface area contributed by atoms with Crippen molar-refractivity contribution in [3.05, 3.63) is 70.2 Å². The van der Waals surface area contributed by atoms with Gasteiger partial charge < -0.3 is 9.80 Å². The van der Waals surface area contributed by atoms with E-state index < -0.39 is 5.66 Å². The van der Waals surface area contributed by atoms with Crippen molar-refractivity contribution >= 4 is 23.4 Å². The van der Waals surface area contributed by atoms with Crippen molar-refractivity contribution in [3.8, 4) is 0 Å². The number of unbranched alkanes of at least 4 members (excludes halogenated alkanes) is 12. The molecule has 0 bridgehead atoms. The Labute approximate surface area is 228 Å². The lowest BCUT2D eigenvalue weighted by Crippen LogP contribution is -2.51. The minimum atomic E-state index is -0.869. The molecule has 2 aliphatic heterocycles. The van der Waals surface area contributed by atoms with Gasteiger partial charge in [0.25, 0.3) is 5.91 Å². The van der Waals surface area contributed by atoms with Crippen LogP contribution < -0.4 is 0 Å². The second-order valence-corrected chi connectivity index (χ2v) is 11.2. The molecule has 2 aromatic rings. The van der Waals surface area contributed by atoms with Crippen molar-refractivity contribution in [2.75, 3.05) is 13.1 Å². The Hall–Kier alpha value is -2.33. The molecule has 5 heteroatoms. The smallest absolute Gasteiger partial charge is 0.256 e. The van der Waals surface area contributed by atoms with Crippen LogP contribution >= 0.6 is 11.6 Å². The molecule has 0 spiro atoms. The van der Waals surface area contributed by atoms with Crippen LogP contribution in [0.25, 0.3) is 0 Å². The summed E-state index contributed by atoms with van der Waals surface area (Å²) in [6.45, 7) is 3.37. The Bertz CT molecular complexity index is 1040. The molecule has 4 rings (SSSR count). The maximum atomic E-state index is 13.6. The van der Waals surface area contributed by atoms with Gasteiger partial charge in [-0.1, -0.05) is 126 Å². The van der Waals surface area contributed by atoms with Gasteiger partial charge in [-0.2, -0.15) is 0 Å². The van der Waals surface area contributed by atoms with Gasteiger partial charge in [-0.25, -0.2) is 0 Å². The molecule has 0 aromatic heterocycles. The Morgan fingerprint density at radius 3 is 1.97 bits per heavy atom. The number of halogens is 1. The molecule has 1 unspecified atom stereocenters. The van der Waals surface area contributed by atoms with Crippen molar-refractivity contribution in [1.29, 1.82) is 0 Å². The zero-order valence-electron chi connectivity index (χ0n) is 22.5. The standard InChI is InChI=1S/C32H43ClN2O2/c1-2-3-4-5-6-7-8-9-10-11-12-13-14-19-30(36)34-24-25-35-31(37)28-17-15-16-18-29(28)32(34,35)26-20-22-27(33)23-21-26/h15-18,20-23H,2-14,19,24-25H2,1H3. The van der Waals surface area contributed by atoms with Crippen LogP contribution in [0.3, 0.4) is 0 Å². The summed E-state index contributed by atoms with van der Waals surface area (Å²) in [5.41, 5.74) is 1.65. The van der Waals surface area contributed by atoms with E-state index in [9.17, 15) is 9.59 Å². The molecule has 2 heterocycles. The van der Waals surface area contributed by atoms with Crippen LogP contribution in [0.15, 0.2) is 48.5 Å². The molecule has 0 aliphatic carbocycles. The Morgan fingerprint density at radius 1 is 0.784 bits per heavy atom. The van der Waals surface area contributed by atoms with Gasteiger partial charge in [0.05, 0.1) is 0 Å². The number of fused-ring (bicyclic) bond motifs is 3. The van der Waals surface area contributed by atoms with Crippen LogP contribution in [0.4, 0.5) is 0 Å². The quantitative estimate of drug-likeness (QED) is 0.220. The molecule has 2 aliphatic rings. The highest BCUT2D eigenvalue weighted by atomic mass is 35.5. The molecule has 37 heavy (non-hydrogen) atoms. The molecular weight excluding hydrogens is 480 g/mol. The first-order chi connectivity index (χ1) is 18.1. The Morgan fingerprint density at radius 2 is 1.35 bits per heavy atom. The Kier molecular flexibility index (Phi) is 10.1. The highest BCUT2D eigenvalue weighted by Gasteiger charge is 2.59. The molecular formula is C32H43ClN2O2. The molecule has 2 amide bonds. The number of carbonyl (C=O) groups is 2. The maximum absolute atomic E-state index is 13.6. The average Bonchev–Trinajstić information content (AvgIpc) is 3.42. The van der Waals surface area contributed by atoms with Crippen LogP contribution in [-0.4, -0.2) is 34.7 Å². The summed E-state index contributed by atoms with van der Waals surface area (Å²) < 4.78 is 0. The van der Waals surface area contributed by atoms with Crippen LogP contribution in [0.2, 0.25) is 5.02 Å². The lowest BCUT2D eigenvalue weighted by atomic mass is 9.89. The third-order valence-electron chi connectivity index (χ3n) is 8.15. The van der Waals surface area contributed by atoms with Gasteiger partial charge in [-0.15, -0.1) is 0 Å². The van der Waals surface area contributed by atoms with Crippen LogP contribution in [-0.2, 0) is 10.5 Å². The molecule has 2 aromatic carbocycles. The topological polar surface area (TPSA) is 40.6 Å². The molecule has 200 valence electrons. The molecule has 1 saturated heterocycles. The van der Waals surface area contributed by atoms with Gasteiger partial charge in [0.1, 0.15) is 0 Å². The van der Waals surface area contributed by atoms with Gasteiger partial charge >= 0.3 is 0 Å². The lowest BCUT2D eigenvalue weighted by molar-refractivity contribution is -0.136. The van der Waals surface area contributed by atoms with E-state index >= 15 is 0 Å². The van der Waals surface area contributed by atoms with Gasteiger partial charge in [-0.05, 0) is 24.6 Å². The number of benzene rings is 2. The van der Waals surface area contributed by atoms with E-state index in [4.69, 9.17) is 11.6 Å². The first-order valence-electron chi connectivity index (χ1n) is 14.6. The summed E-state index contributed by atoms with van der Waals surface area (Å²) in [7, 11) is 0. The van der Waals surface area contributed by atoms with Crippen LogP contribution in [0.5, 0.6) is 0 Å². The molecule has 0 saturated carbocycles. The van der Waals surface area contributed by atoms with E-state index in [1.54, 1.807) is 0 Å². The Balaban J connectivity index is 1.29. The summed E-state index contributed by atoms with van der Waals surface area (Å²) in [6.07, 6.45) is 17.3. The van der Waals surface area contributed by atoms with Crippen LogP contribution in [0, 0.1) is 0 Å². The normalized spacial score (nSPS) is 18.4. The van der Waals surface area contributed by atoms with E-state index in [1.165, 1.54) is 70.6 Å². The van der Waals surface area contributed by atoms with Crippen molar-refractivity contribution in [3.63, 3.8) is 0 Å². The summed E-state index contributed by atoms with van der Waals surface area (Å²) in [5, 5.41) is 0.646. The summed E-state index contributed by atoms with van der Waals surface area (Å²) in [5.74, 6) is 0.131. The maximum Gasteiger partial charge on any atom is 0.256 e. The number of nitrogens with zero attached hydrogens (tertiary/aromatic N) is 2. The first-order valence-corrected chi connectivity index (χ1v) is 15.0. The number of amides is 2. The SMILES string of the molecule is CCCCCCCCCCCCCCCC(=O)N1CCN2C(=O)c3ccccc3C12c1ccc(Cl)cc1. The summed E-state index contributed by atoms with van der Waals surface area (Å²) >= 11 is 6.19. The third-order valence-corrected chi connectivity index (χ3v) is 8.40. The zero-order valence-corrected chi connectivity index (χ0v) is 23.3. The number of rotatable bonds is 15. The number of carbonyl (C=O) groups excluding carboxylic acids is 2. The third kappa shape index (κ3) is 6.06. The van der Waals surface area contributed by atoms with Crippen molar-refractivity contribution in [2.24, 2.45) is 0 Å². The van der Waals surface area contributed by atoms with E-state index in [0.717, 1.165) is 24.0 Å². The fourth-order valence-corrected chi connectivity index (χ4v) is 6.34. The fourth-order valence-electron chi connectivity index (χ4n) is 6.21.